The van der Waals surface area contributed by atoms with Crippen LogP contribution in [0.25, 0.3) is 0 Å². The quantitative estimate of drug-likeness (QED) is 0.377. The van der Waals surface area contributed by atoms with Gasteiger partial charge in [0.05, 0.1) is 5.69 Å². The van der Waals surface area contributed by atoms with Crippen molar-refractivity contribution in [3.05, 3.63) is 66.0 Å². The summed E-state index contributed by atoms with van der Waals surface area (Å²) in [5.41, 5.74) is 5.57. The molecule has 123 valence electrons. The Kier molecular flexibility index (Phi) is 8.48. The normalized spacial score (nSPS) is 10.6. The summed E-state index contributed by atoms with van der Waals surface area (Å²) in [4.78, 5) is 6.43. The number of rotatable bonds is 5. The minimum Gasteiger partial charge on any atom is -0.348 e. The zero-order valence-electron chi connectivity index (χ0n) is 13.2. The maximum Gasteiger partial charge on any atom is 2.00 e. The van der Waals surface area contributed by atoms with Crippen molar-refractivity contribution in [2.75, 3.05) is 13.1 Å². The van der Waals surface area contributed by atoms with Crippen molar-refractivity contribution in [2.45, 2.75) is 13.8 Å². The van der Waals surface area contributed by atoms with Crippen LogP contribution in [0.5, 0.6) is 0 Å². The molecule has 0 amide bonds. The van der Waals surface area contributed by atoms with Crippen molar-refractivity contribution in [3.8, 4) is 0 Å². The van der Waals surface area contributed by atoms with Gasteiger partial charge in [0.2, 0.25) is 0 Å². The fraction of sp³-hybridized carbons (Fsp3) is 0.235. The van der Waals surface area contributed by atoms with Crippen molar-refractivity contribution in [1.29, 1.82) is 0 Å². The molecule has 0 fully saturated rings. The third-order valence-electron chi connectivity index (χ3n) is 3.27. The first kappa shape index (κ1) is 19.3. The topological polar surface area (TPSA) is 40.5 Å². The minimum absolute atomic E-state index is 0. The molecular weight excluding hydrogens is 356 g/mol. The molecule has 0 aliphatic rings. The molecule has 1 radical (unpaired) electrons. The third kappa shape index (κ3) is 5.43. The van der Waals surface area contributed by atoms with Crippen molar-refractivity contribution in [2.24, 2.45) is 5.10 Å². The van der Waals surface area contributed by atoms with Gasteiger partial charge in [0.25, 0.3) is 0 Å². The number of aromatic nitrogens is 1. The summed E-state index contributed by atoms with van der Waals surface area (Å²) < 4.78 is 0. The van der Waals surface area contributed by atoms with E-state index in [1.807, 2.05) is 53.4 Å². The number of nitrogens with zero attached hydrogens (tertiary/aromatic N) is 3. The van der Waals surface area contributed by atoms with Crippen LogP contribution in [0.4, 0.5) is 0 Å². The van der Waals surface area contributed by atoms with Crippen molar-refractivity contribution in [3.63, 3.8) is 0 Å². The molecule has 0 atom stereocenters. The molecule has 0 bridgehead atoms. The van der Waals surface area contributed by atoms with E-state index in [0.717, 1.165) is 30.1 Å². The van der Waals surface area contributed by atoms with Crippen molar-refractivity contribution in [1.82, 2.24) is 15.3 Å². The Balaban J connectivity index is 0.00000264. The van der Waals surface area contributed by atoms with Gasteiger partial charge in [-0.3, -0.25) is 10.4 Å². The largest absolute Gasteiger partial charge is 2.00 e. The second-order valence-electron chi connectivity index (χ2n) is 4.63. The molecule has 0 saturated heterocycles. The Morgan fingerprint density at radius 2 is 1.74 bits per heavy atom. The molecule has 1 N–H and O–H groups in total. The Hall–Kier alpha value is -1.75. The van der Waals surface area contributed by atoms with E-state index >= 15 is 0 Å². The fourth-order valence-electron chi connectivity index (χ4n) is 2.05. The summed E-state index contributed by atoms with van der Waals surface area (Å²) in [6.07, 6.45) is 1.76. The average molecular weight is 376 g/mol. The molecule has 1 aromatic heterocycles. The average Bonchev–Trinajstić information content (AvgIpc) is 2.58. The number of pyridine rings is 1. The van der Waals surface area contributed by atoms with E-state index < -0.39 is 0 Å². The second kappa shape index (κ2) is 10.1. The number of hydrogen-bond donors (Lipinski definition) is 1. The molecule has 0 aliphatic carbocycles. The van der Waals surface area contributed by atoms with Gasteiger partial charge in [0.15, 0.2) is 5.11 Å². The molecule has 0 spiro atoms. The van der Waals surface area contributed by atoms with E-state index in [1.165, 1.54) is 0 Å². The van der Waals surface area contributed by atoms with Gasteiger partial charge in [-0.2, -0.15) is 5.10 Å². The van der Waals surface area contributed by atoms with E-state index in [1.54, 1.807) is 6.20 Å². The number of nitrogens with one attached hydrogen (secondary N) is 1. The Labute approximate surface area is 153 Å². The predicted molar refractivity (Wildman–Crippen MR) is 95.0 cm³/mol. The van der Waals surface area contributed by atoms with Crippen LogP contribution in [0, 0.1) is 0 Å². The molecule has 6 heteroatoms. The first-order chi connectivity index (χ1) is 10.8. The van der Waals surface area contributed by atoms with Crippen LogP contribution in [0.15, 0.2) is 59.8 Å². The van der Waals surface area contributed by atoms with Crippen LogP contribution >= 0.6 is 12.2 Å². The molecule has 1 heterocycles. The number of hydrogen-bond acceptors (Lipinski definition) is 3. The van der Waals surface area contributed by atoms with Gasteiger partial charge in [-0.1, -0.05) is 36.4 Å². The predicted octanol–water partition coefficient (Wildman–Crippen LogP) is 3.05. The van der Waals surface area contributed by atoms with E-state index in [0.29, 0.717) is 5.11 Å². The summed E-state index contributed by atoms with van der Waals surface area (Å²) in [5.74, 6) is 0. The smallest absolute Gasteiger partial charge is 0.348 e. The van der Waals surface area contributed by atoms with Crippen LogP contribution in [-0.4, -0.2) is 33.8 Å². The van der Waals surface area contributed by atoms with Gasteiger partial charge in [-0.25, -0.2) is 0 Å². The Morgan fingerprint density at radius 3 is 2.30 bits per heavy atom. The molecule has 0 aliphatic heterocycles. The molecule has 0 unspecified atom stereocenters. The molecule has 2 rings (SSSR count). The summed E-state index contributed by atoms with van der Waals surface area (Å²) in [6.45, 7) is 5.83. The van der Waals surface area contributed by atoms with Crippen molar-refractivity contribution >= 4 is 23.0 Å². The molecular formula is C17H20CuN4S+2. The van der Waals surface area contributed by atoms with Crippen LogP contribution in [0.1, 0.15) is 25.1 Å². The summed E-state index contributed by atoms with van der Waals surface area (Å²) in [6, 6.07) is 15.7. The molecule has 4 nitrogen and oxygen atoms in total. The molecule has 23 heavy (non-hydrogen) atoms. The van der Waals surface area contributed by atoms with Gasteiger partial charge < -0.3 is 4.90 Å². The Morgan fingerprint density at radius 1 is 1.09 bits per heavy atom. The van der Waals surface area contributed by atoms with E-state index in [9.17, 15) is 0 Å². The first-order valence-electron chi connectivity index (χ1n) is 7.35. The maximum absolute atomic E-state index is 5.38. The maximum atomic E-state index is 5.38. The van der Waals surface area contributed by atoms with Crippen LogP contribution < -0.4 is 5.43 Å². The monoisotopic (exact) mass is 375 g/mol. The zero-order chi connectivity index (χ0) is 15.8. The SMILES string of the molecule is CCN(CC)C(=S)NN=C(c1ccccc1)c1ccccn1.[Cu+2]. The van der Waals surface area contributed by atoms with Gasteiger partial charge in [-0.05, 0) is 38.2 Å². The van der Waals surface area contributed by atoms with Gasteiger partial charge in [0.1, 0.15) is 5.71 Å². The molecule has 1 aromatic carbocycles. The van der Waals surface area contributed by atoms with Crippen LogP contribution in [0.2, 0.25) is 0 Å². The van der Waals surface area contributed by atoms with E-state index in [-0.39, 0.29) is 17.1 Å². The van der Waals surface area contributed by atoms with Gasteiger partial charge >= 0.3 is 17.1 Å². The minimum atomic E-state index is 0. The summed E-state index contributed by atoms with van der Waals surface area (Å²) >= 11 is 5.38. The fourth-order valence-corrected chi connectivity index (χ4v) is 2.36. The van der Waals surface area contributed by atoms with Gasteiger partial charge in [-0.15, -0.1) is 0 Å². The summed E-state index contributed by atoms with van der Waals surface area (Å²) in [7, 11) is 0. The third-order valence-corrected chi connectivity index (χ3v) is 3.62. The van der Waals surface area contributed by atoms with Crippen LogP contribution in [0.3, 0.4) is 0 Å². The van der Waals surface area contributed by atoms with Gasteiger partial charge in [0, 0.05) is 24.8 Å². The molecule has 0 saturated carbocycles. The number of benzene rings is 1. The van der Waals surface area contributed by atoms with E-state index in [2.05, 4.69) is 29.4 Å². The van der Waals surface area contributed by atoms with Crippen LogP contribution in [-0.2, 0) is 17.1 Å². The molecule has 2 aromatic rings. The number of thiocarbonyl (C=S) groups is 1. The zero-order valence-corrected chi connectivity index (χ0v) is 14.9. The van der Waals surface area contributed by atoms with Crippen molar-refractivity contribution < 1.29 is 17.1 Å². The summed E-state index contributed by atoms with van der Waals surface area (Å²) in [5, 5.41) is 5.12. The van der Waals surface area contributed by atoms with E-state index in [4.69, 9.17) is 12.2 Å². The standard InChI is InChI=1S/C17H20N4S.Cu/c1-3-21(4-2)17(22)20-19-16(14-10-6-5-7-11-14)15-12-8-9-13-18-15;/h5-13H,3-4H2,1-2H3,(H,20,22);/q;+2. The first-order valence-corrected chi connectivity index (χ1v) is 7.76. The number of hydrazone groups is 1. The second-order valence-corrected chi connectivity index (χ2v) is 5.02. The Bertz CT molecular complexity index is 586.